The summed E-state index contributed by atoms with van der Waals surface area (Å²) in [5.41, 5.74) is 3.01. The van der Waals surface area contributed by atoms with E-state index in [4.69, 9.17) is 9.72 Å². The lowest BCUT2D eigenvalue weighted by atomic mass is 9.97. The van der Waals surface area contributed by atoms with Crippen LogP contribution in [-0.2, 0) is 22.4 Å². The number of ether oxygens (including phenoxy) is 1. The molecule has 0 radical (unpaired) electrons. The van der Waals surface area contributed by atoms with Gasteiger partial charge in [0.05, 0.1) is 29.0 Å². The number of aryl methyl sites for hydroxylation is 2. The Morgan fingerprint density at radius 1 is 1.02 bits per heavy atom. The van der Waals surface area contributed by atoms with Gasteiger partial charge in [0, 0.05) is 9.75 Å². The van der Waals surface area contributed by atoms with Gasteiger partial charge < -0.3 is 10.1 Å². The molecule has 3 heterocycles. The summed E-state index contributed by atoms with van der Waals surface area (Å²) >= 11 is 4.12. The molecule has 0 saturated heterocycles. The molecule has 1 aliphatic carbocycles. The number of anilines is 1. The molecule has 0 spiro atoms. The second kappa shape index (κ2) is 12.0. The van der Waals surface area contributed by atoms with E-state index in [9.17, 15) is 14.4 Å². The number of para-hydroxylation sites is 1. The number of nitrogens with zero attached hydrogens (tertiary/aromatic N) is 2. The molecule has 1 N–H and O–H groups in total. The van der Waals surface area contributed by atoms with E-state index in [0.717, 1.165) is 46.5 Å². The summed E-state index contributed by atoms with van der Waals surface area (Å²) in [4.78, 5) is 47.6. The molecule has 3 aromatic heterocycles. The van der Waals surface area contributed by atoms with Crippen molar-refractivity contribution >= 4 is 61.5 Å². The summed E-state index contributed by atoms with van der Waals surface area (Å²) in [5.74, 6) is -0.779. The number of rotatable bonds is 8. The van der Waals surface area contributed by atoms with Crippen molar-refractivity contribution in [2.75, 3.05) is 17.7 Å². The van der Waals surface area contributed by atoms with Gasteiger partial charge >= 0.3 is 5.97 Å². The first-order chi connectivity index (χ1) is 20.0. The molecule has 0 saturated carbocycles. The Morgan fingerprint density at radius 3 is 2.51 bits per heavy atom. The number of amides is 1. The molecule has 2 aromatic carbocycles. The predicted octanol–water partition coefficient (Wildman–Crippen LogP) is 6.96. The van der Waals surface area contributed by atoms with Crippen LogP contribution in [0.25, 0.3) is 26.3 Å². The second-order valence-corrected chi connectivity index (χ2v) is 12.6. The summed E-state index contributed by atoms with van der Waals surface area (Å²) < 4.78 is 6.86. The van der Waals surface area contributed by atoms with Crippen LogP contribution in [0.4, 0.5) is 5.00 Å². The van der Waals surface area contributed by atoms with Crippen LogP contribution in [0.2, 0.25) is 0 Å². The molecule has 5 aromatic rings. The number of esters is 1. The minimum Gasteiger partial charge on any atom is -0.462 e. The minimum absolute atomic E-state index is 0.0106. The first-order valence-corrected chi connectivity index (χ1v) is 16.1. The highest BCUT2D eigenvalue weighted by molar-refractivity contribution is 7.99. The number of thioether (sulfide) groups is 1. The largest absolute Gasteiger partial charge is 0.462 e. The third kappa shape index (κ3) is 5.59. The van der Waals surface area contributed by atoms with Crippen LogP contribution in [-0.4, -0.2) is 33.8 Å². The first-order valence-electron chi connectivity index (χ1n) is 13.4. The van der Waals surface area contributed by atoms with E-state index in [2.05, 4.69) is 5.32 Å². The van der Waals surface area contributed by atoms with Crippen LogP contribution in [0.1, 0.15) is 40.6 Å². The predicted molar refractivity (Wildman–Crippen MR) is 167 cm³/mol. The third-order valence-corrected chi connectivity index (χ3v) is 10.1. The minimum atomic E-state index is -0.486. The number of hydrogen-bond donors (Lipinski definition) is 1. The smallest absolute Gasteiger partial charge is 0.341 e. The van der Waals surface area contributed by atoms with Gasteiger partial charge in [0.15, 0.2) is 5.16 Å². The molecule has 0 atom stereocenters. The quantitative estimate of drug-likeness (QED) is 0.117. The average Bonchev–Trinajstić information content (AvgIpc) is 3.59. The van der Waals surface area contributed by atoms with Crippen LogP contribution < -0.4 is 10.9 Å². The monoisotopic (exact) mass is 601 g/mol. The summed E-state index contributed by atoms with van der Waals surface area (Å²) in [7, 11) is 0. The van der Waals surface area contributed by atoms with Crippen molar-refractivity contribution in [2.45, 2.75) is 37.8 Å². The van der Waals surface area contributed by atoms with Crippen LogP contribution in [0.15, 0.2) is 76.7 Å². The number of fused-ring (bicyclic) bond motifs is 3. The third-order valence-electron chi connectivity index (χ3n) is 6.84. The van der Waals surface area contributed by atoms with Crippen molar-refractivity contribution in [1.29, 1.82) is 0 Å². The van der Waals surface area contributed by atoms with Crippen molar-refractivity contribution in [3.8, 4) is 16.1 Å². The van der Waals surface area contributed by atoms with Gasteiger partial charge in [-0.25, -0.2) is 9.78 Å². The maximum Gasteiger partial charge on any atom is 0.341 e. The number of nitrogens with one attached hydrogen (secondary N) is 1. The Balaban J connectivity index is 1.31. The first kappa shape index (κ1) is 27.4. The average molecular weight is 602 g/mol. The van der Waals surface area contributed by atoms with Crippen molar-refractivity contribution in [2.24, 2.45) is 0 Å². The molecule has 6 rings (SSSR count). The van der Waals surface area contributed by atoms with E-state index in [1.54, 1.807) is 28.9 Å². The van der Waals surface area contributed by atoms with Crippen molar-refractivity contribution in [3.05, 3.63) is 93.1 Å². The highest BCUT2D eigenvalue weighted by Gasteiger charge is 2.24. The van der Waals surface area contributed by atoms with Crippen molar-refractivity contribution < 1.29 is 14.3 Å². The van der Waals surface area contributed by atoms with Crippen LogP contribution in [0.5, 0.6) is 0 Å². The Hall–Kier alpha value is -3.73. The van der Waals surface area contributed by atoms with E-state index in [1.807, 2.05) is 60.7 Å². The lowest BCUT2D eigenvalue weighted by Crippen LogP contribution is -2.23. The van der Waals surface area contributed by atoms with Gasteiger partial charge in [-0.3, -0.25) is 14.2 Å². The molecule has 0 fully saturated rings. The molecule has 0 aliphatic heterocycles. The zero-order valence-corrected chi connectivity index (χ0v) is 24.8. The molecule has 208 valence electrons. The zero-order chi connectivity index (χ0) is 28.3. The van der Waals surface area contributed by atoms with Crippen molar-refractivity contribution in [3.63, 3.8) is 0 Å². The van der Waals surface area contributed by atoms with Crippen LogP contribution >= 0.6 is 34.4 Å². The maximum atomic E-state index is 13.9. The van der Waals surface area contributed by atoms with Gasteiger partial charge in [0.25, 0.3) is 5.56 Å². The Kier molecular flexibility index (Phi) is 8.04. The number of thiophene rings is 2. The fourth-order valence-electron chi connectivity index (χ4n) is 4.97. The SMILES string of the molecule is CCOC(=O)c1cc(-c2ccccc2)sc1NC(=O)CSc1nc2sc3c(c2c(=O)n1-c1ccccc1)CCCC3. The number of carbonyl (C=O) groups excluding carboxylic acids is 2. The van der Waals surface area contributed by atoms with Gasteiger partial charge in [-0.2, -0.15) is 0 Å². The molecular formula is C31H27N3O4S3. The maximum absolute atomic E-state index is 13.9. The van der Waals surface area contributed by atoms with E-state index in [-0.39, 0.29) is 23.8 Å². The van der Waals surface area contributed by atoms with Gasteiger partial charge in [-0.05, 0) is 61.9 Å². The second-order valence-electron chi connectivity index (χ2n) is 9.54. The Morgan fingerprint density at radius 2 is 1.76 bits per heavy atom. The van der Waals surface area contributed by atoms with E-state index in [1.165, 1.54) is 28.0 Å². The number of hydrogen-bond acceptors (Lipinski definition) is 8. The normalized spacial score (nSPS) is 12.7. The van der Waals surface area contributed by atoms with Gasteiger partial charge in [0.1, 0.15) is 9.83 Å². The van der Waals surface area contributed by atoms with Gasteiger partial charge in [-0.15, -0.1) is 22.7 Å². The molecule has 10 heteroatoms. The summed E-state index contributed by atoms with van der Waals surface area (Å²) in [6.07, 6.45) is 4.06. The molecule has 0 bridgehead atoms. The number of benzene rings is 2. The lowest BCUT2D eigenvalue weighted by molar-refractivity contribution is -0.113. The highest BCUT2D eigenvalue weighted by atomic mass is 32.2. The molecule has 0 unspecified atom stereocenters. The molecule has 41 heavy (non-hydrogen) atoms. The summed E-state index contributed by atoms with van der Waals surface area (Å²) in [6, 6.07) is 20.9. The number of aromatic nitrogens is 2. The molecule has 1 amide bonds. The lowest BCUT2D eigenvalue weighted by Gasteiger charge is -2.13. The topological polar surface area (TPSA) is 90.3 Å². The number of carbonyl (C=O) groups is 2. The fourth-order valence-corrected chi connectivity index (χ4v) is 8.15. The van der Waals surface area contributed by atoms with Gasteiger partial charge in [-0.1, -0.05) is 60.3 Å². The fraction of sp³-hybridized carbons (Fsp3) is 0.226. The zero-order valence-electron chi connectivity index (χ0n) is 22.3. The molecule has 1 aliphatic rings. The van der Waals surface area contributed by atoms with Gasteiger partial charge in [0.2, 0.25) is 5.91 Å². The van der Waals surface area contributed by atoms with Crippen molar-refractivity contribution in [1.82, 2.24) is 9.55 Å². The summed E-state index contributed by atoms with van der Waals surface area (Å²) in [5, 5.41) is 4.50. The summed E-state index contributed by atoms with van der Waals surface area (Å²) in [6.45, 7) is 1.98. The Labute approximate surface area is 249 Å². The Bertz CT molecular complexity index is 1790. The molecular weight excluding hydrogens is 575 g/mol. The molecule has 7 nitrogen and oxygen atoms in total. The highest BCUT2D eigenvalue weighted by Crippen LogP contribution is 2.37. The standard InChI is InChI=1S/C31H27N3O4S3/c1-2-38-30(37)22-17-24(19-11-5-3-6-12-19)41-27(22)32-25(35)18-39-31-33-28-26(21-15-9-10-16-23(21)40-28)29(36)34(31)20-13-7-4-8-14-20/h3-8,11-14,17H,2,9-10,15-16,18H2,1H3,(H,32,35). The van der Waals surface area contributed by atoms with E-state index < -0.39 is 5.97 Å². The van der Waals surface area contributed by atoms with E-state index >= 15 is 0 Å². The van der Waals surface area contributed by atoms with Crippen LogP contribution in [0, 0.1) is 0 Å². The van der Waals surface area contributed by atoms with E-state index in [0.29, 0.717) is 26.8 Å². The van der Waals surface area contributed by atoms with Crippen LogP contribution in [0.3, 0.4) is 0 Å².